The van der Waals surface area contributed by atoms with Crippen LogP contribution in [0.2, 0.25) is 0 Å². The quantitative estimate of drug-likeness (QED) is 0.340. The zero-order valence-electron chi connectivity index (χ0n) is 8.18. The van der Waals surface area contributed by atoms with Gasteiger partial charge in [0.15, 0.2) is 0 Å². The Morgan fingerprint density at radius 1 is 1.62 bits per heavy atom. The molecule has 0 saturated carbocycles. The number of rotatable bonds is 4. The molecule has 0 bridgehead atoms. The number of hydrogen-bond acceptors (Lipinski definition) is 4. The van der Waals surface area contributed by atoms with Gasteiger partial charge in [-0.25, -0.2) is 4.79 Å². The largest absolute Gasteiger partial charge is 0.458 e. The fourth-order valence-corrected chi connectivity index (χ4v) is 1.08. The third-order valence-electron chi connectivity index (χ3n) is 1.72. The Hall–Kier alpha value is -2.24. The highest BCUT2D eigenvalue weighted by Crippen LogP contribution is 2.22. The van der Waals surface area contributed by atoms with Crippen LogP contribution in [0, 0.1) is 15.9 Å². The number of nitro benzene ring substituents is 1. The standard InChI is InChI=1S/C10H8FNO4/c1-2-6-16-10(13)7-4-3-5-8(11)9(7)12(14)15/h2-5H,1,6H2. The fraction of sp³-hybridized carbons (Fsp3) is 0.100. The van der Waals surface area contributed by atoms with E-state index in [0.29, 0.717) is 0 Å². The van der Waals surface area contributed by atoms with Crippen LogP contribution in [0.1, 0.15) is 10.4 Å². The highest BCUT2D eigenvalue weighted by atomic mass is 19.1. The van der Waals surface area contributed by atoms with Crippen LogP contribution in [0.4, 0.5) is 10.1 Å². The van der Waals surface area contributed by atoms with E-state index >= 15 is 0 Å². The van der Waals surface area contributed by atoms with E-state index in [0.717, 1.165) is 12.1 Å². The lowest BCUT2D eigenvalue weighted by Gasteiger charge is -2.03. The number of halogens is 1. The molecule has 0 amide bonds. The number of ether oxygens (including phenoxy) is 1. The SMILES string of the molecule is C=CCOC(=O)c1cccc(F)c1[N+](=O)[O-]. The Balaban J connectivity index is 3.12. The molecule has 0 aromatic heterocycles. The first-order valence-electron chi connectivity index (χ1n) is 4.29. The number of esters is 1. The summed E-state index contributed by atoms with van der Waals surface area (Å²) in [6.07, 6.45) is 1.31. The molecule has 0 radical (unpaired) electrons. The fourth-order valence-electron chi connectivity index (χ4n) is 1.08. The average Bonchev–Trinajstić information content (AvgIpc) is 2.24. The van der Waals surface area contributed by atoms with Gasteiger partial charge in [-0.05, 0) is 12.1 Å². The van der Waals surface area contributed by atoms with E-state index < -0.39 is 28.0 Å². The van der Waals surface area contributed by atoms with Crippen molar-refractivity contribution in [3.63, 3.8) is 0 Å². The van der Waals surface area contributed by atoms with E-state index in [1.807, 2.05) is 0 Å². The van der Waals surface area contributed by atoms with Crippen molar-refractivity contribution in [2.24, 2.45) is 0 Å². The first kappa shape index (κ1) is 11.8. The number of hydrogen-bond donors (Lipinski definition) is 0. The molecule has 84 valence electrons. The van der Waals surface area contributed by atoms with Gasteiger partial charge in [0, 0.05) is 0 Å². The zero-order valence-corrected chi connectivity index (χ0v) is 8.18. The average molecular weight is 225 g/mol. The monoisotopic (exact) mass is 225 g/mol. The van der Waals surface area contributed by atoms with Gasteiger partial charge in [-0.3, -0.25) is 10.1 Å². The molecule has 6 heteroatoms. The van der Waals surface area contributed by atoms with Crippen LogP contribution in [0.25, 0.3) is 0 Å². The van der Waals surface area contributed by atoms with Crippen LogP contribution in [-0.2, 0) is 4.74 Å². The van der Waals surface area contributed by atoms with E-state index in [1.165, 1.54) is 12.1 Å². The van der Waals surface area contributed by atoms with Gasteiger partial charge in [0.25, 0.3) is 0 Å². The predicted octanol–water partition coefficient (Wildman–Crippen LogP) is 2.08. The van der Waals surface area contributed by atoms with Crippen LogP contribution in [-0.4, -0.2) is 17.5 Å². The molecular formula is C10H8FNO4. The summed E-state index contributed by atoms with van der Waals surface area (Å²) < 4.78 is 17.7. The van der Waals surface area contributed by atoms with Crippen LogP contribution in [0.5, 0.6) is 0 Å². The second-order valence-corrected chi connectivity index (χ2v) is 2.78. The summed E-state index contributed by atoms with van der Waals surface area (Å²) in [6.45, 7) is 3.23. The summed E-state index contributed by atoms with van der Waals surface area (Å²) in [6, 6.07) is 3.24. The van der Waals surface area contributed by atoms with Gasteiger partial charge in [-0.2, -0.15) is 4.39 Å². The van der Waals surface area contributed by atoms with Crippen molar-refractivity contribution in [2.75, 3.05) is 6.61 Å². The molecule has 5 nitrogen and oxygen atoms in total. The number of carbonyl (C=O) groups is 1. The highest BCUT2D eigenvalue weighted by Gasteiger charge is 2.25. The summed E-state index contributed by atoms with van der Waals surface area (Å²) in [4.78, 5) is 20.9. The van der Waals surface area contributed by atoms with Gasteiger partial charge < -0.3 is 4.74 Å². The third kappa shape index (κ3) is 2.41. The van der Waals surface area contributed by atoms with Crippen molar-refractivity contribution in [3.8, 4) is 0 Å². The summed E-state index contributed by atoms with van der Waals surface area (Å²) in [5.74, 6) is -2.02. The maximum atomic E-state index is 13.1. The van der Waals surface area contributed by atoms with Crippen LogP contribution < -0.4 is 0 Å². The minimum atomic E-state index is -1.07. The van der Waals surface area contributed by atoms with Gasteiger partial charge >= 0.3 is 11.7 Å². The number of benzene rings is 1. The molecule has 0 unspecified atom stereocenters. The van der Waals surface area contributed by atoms with Gasteiger partial charge in [-0.15, -0.1) is 0 Å². The Bertz CT molecular complexity index is 444. The van der Waals surface area contributed by atoms with E-state index in [4.69, 9.17) is 0 Å². The summed E-state index contributed by atoms with van der Waals surface area (Å²) in [5, 5.41) is 10.6. The molecule has 0 atom stereocenters. The Morgan fingerprint density at radius 2 is 2.31 bits per heavy atom. The van der Waals surface area contributed by atoms with Crippen molar-refractivity contribution in [3.05, 3.63) is 52.3 Å². The number of nitrogens with zero attached hydrogens (tertiary/aromatic N) is 1. The highest BCUT2D eigenvalue weighted by molar-refractivity contribution is 5.94. The minimum absolute atomic E-state index is 0.0908. The molecule has 0 N–H and O–H groups in total. The lowest BCUT2D eigenvalue weighted by molar-refractivity contribution is -0.387. The first-order chi connectivity index (χ1) is 7.57. The molecule has 0 fully saturated rings. The summed E-state index contributed by atoms with van der Waals surface area (Å²) in [5.41, 5.74) is -1.29. The molecule has 0 aliphatic carbocycles. The van der Waals surface area contributed by atoms with E-state index in [-0.39, 0.29) is 6.61 Å². The summed E-state index contributed by atoms with van der Waals surface area (Å²) in [7, 11) is 0. The van der Waals surface area contributed by atoms with Crippen molar-refractivity contribution in [1.29, 1.82) is 0 Å². The van der Waals surface area contributed by atoms with Crippen molar-refractivity contribution >= 4 is 11.7 Å². The third-order valence-corrected chi connectivity index (χ3v) is 1.72. The van der Waals surface area contributed by atoms with Crippen molar-refractivity contribution in [2.45, 2.75) is 0 Å². The maximum absolute atomic E-state index is 13.1. The molecule has 0 spiro atoms. The van der Waals surface area contributed by atoms with E-state index in [1.54, 1.807) is 0 Å². The minimum Gasteiger partial charge on any atom is -0.458 e. The Morgan fingerprint density at radius 3 is 2.88 bits per heavy atom. The molecule has 0 aliphatic rings. The molecule has 0 heterocycles. The predicted molar refractivity (Wildman–Crippen MR) is 53.5 cm³/mol. The van der Waals surface area contributed by atoms with Crippen molar-refractivity contribution in [1.82, 2.24) is 0 Å². The van der Waals surface area contributed by atoms with Crippen molar-refractivity contribution < 1.29 is 18.8 Å². The Kier molecular flexibility index (Phi) is 3.71. The van der Waals surface area contributed by atoms with Crippen LogP contribution in [0.3, 0.4) is 0 Å². The van der Waals surface area contributed by atoms with Gasteiger partial charge in [0.2, 0.25) is 5.82 Å². The molecule has 1 rings (SSSR count). The number of nitro groups is 1. The molecule has 1 aromatic rings. The van der Waals surface area contributed by atoms with E-state index in [9.17, 15) is 19.3 Å². The molecule has 0 saturated heterocycles. The number of para-hydroxylation sites is 1. The zero-order chi connectivity index (χ0) is 12.1. The van der Waals surface area contributed by atoms with Crippen LogP contribution >= 0.6 is 0 Å². The normalized spacial score (nSPS) is 9.56. The second kappa shape index (κ2) is 5.01. The second-order valence-electron chi connectivity index (χ2n) is 2.78. The number of carbonyl (C=O) groups excluding carboxylic acids is 1. The lowest BCUT2D eigenvalue weighted by atomic mass is 10.2. The lowest BCUT2D eigenvalue weighted by Crippen LogP contribution is -2.09. The summed E-state index contributed by atoms with van der Waals surface area (Å²) >= 11 is 0. The van der Waals surface area contributed by atoms with E-state index in [2.05, 4.69) is 11.3 Å². The Labute approximate surface area is 90.3 Å². The molecular weight excluding hydrogens is 217 g/mol. The van der Waals surface area contributed by atoms with Crippen LogP contribution in [0.15, 0.2) is 30.9 Å². The first-order valence-corrected chi connectivity index (χ1v) is 4.29. The van der Waals surface area contributed by atoms with Gasteiger partial charge in [-0.1, -0.05) is 18.7 Å². The molecule has 0 aliphatic heterocycles. The maximum Gasteiger partial charge on any atom is 0.345 e. The molecule has 1 aromatic carbocycles. The van der Waals surface area contributed by atoms with Gasteiger partial charge in [0.05, 0.1) is 4.92 Å². The van der Waals surface area contributed by atoms with Gasteiger partial charge in [0.1, 0.15) is 12.2 Å². The molecule has 16 heavy (non-hydrogen) atoms. The topological polar surface area (TPSA) is 69.4 Å². The smallest absolute Gasteiger partial charge is 0.345 e.